The van der Waals surface area contributed by atoms with Crippen molar-refractivity contribution >= 4 is 22.7 Å². The Labute approximate surface area is 145 Å². The molecule has 6 nitrogen and oxygen atoms in total. The van der Waals surface area contributed by atoms with Crippen LogP contribution in [0.3, 0.4) is 0 Å². The molecule has 0 bridgehead atoms. The summed E-state index contributed by atoms with van der Waals surface area (Å²) in [6.07, 6.45) is 3.69. The Morgan fingerprint density at radius 1 is 1.24 bits per heavy atom. The Morgan fingerprint density at radius 2 is 2.04 bits per heavy atom. The van der Waals surface area contributed by atoms with Crippen LogP contribution in [0.15, 0.2) is 36.5 Å². The molecule has 130 valence electrons. The van der Waals surface area contributed by atoms with Gasteiger partial charge in [-0.3, -0.25) is 14.6 Å². The number of rotatable bonds is 5. The second-order valence-corrected chi connectivity index (χ2v) is 7.02. The smallest absolute Gasteiger partial charge is 0.235 e. The molecule has 2 fully saturated rings. The fourth-order valence-corrected chi connectivity index (χ4v) is 3.59. The van der Waals surface area contributed by atoms with Crippen molar-refractivity contribution in [2.45, 2.75) is 25.3 Å². The maximum atomic E-state index is 12.5. The Bertz CT molecular complexity index is 826. The van der Waals surface area contributed by atoms with E-state index in [2.05, 4.69) is 16.4 Å². The zero-order valence-electron chi connectivity index (χ0n) is 13.9. The number of carbonyl (C=O) groups is 2. The number of aromatic nitrogens is 1. The van der Waals surface area contributed by atoms with Crippen molar-refractivity contribution in [2.75, 3.05) is 13.2 Å². The number of primary amides is 1. The molecule has 25 heavy (non-hydrogen) atoms. The second kappa shape index (κ2) is 6.11. The number of ether oxygens (including phenoxy) is 1. The van der Waals surface area contributed by atoms with Crippen molar-refractivity contribution in [3.05, 3.63) is 42.1 Å². The molecule has 1 saturated heterocycles. The third kappa shape index (κ3) is 2.87. The van der Waals surface area contributed by atoms with E-state index in [0.717, 1.165) is 17.3 Å². The molecule has 0 radical (unpaired) electrons. The third-order valence-electron chi connectivity index (χ3n) is 5.39. The van der Waals surface area contributed by atoms with Gasteiger partial charge in [0.05, 0.1) is 24.8 Å². The molecule has 2 aromatic rings. The van der Waals surface area contributed by atoms with Crippen LogP contribution in [-0.2, 0) is 20.7 Å². The van der Waals surface area contributed by atoms with Crippen molar-refractivity contribution in [2.24, 2.45) is 17.1 Å². The molecule has 1 aromatic carbocycles. The van der Waals surface area contributed by atoms with E-state index in [0.29, 0.717) is 26.1 Å². The second-order valence-electron chi connectivity index (χ2n) is 7.02. The van der Waals surface area contributed by atoms with Gasteiger partial charge in [-0.1, -0.05) is 18.2 Å². The van der Waals surface area contributed by atoms with E-state index >= 15 is 0 Å². The van der Waals surface area contributed by atoms with Crippen LogP contribution in [0.4, 0.5) is 0 Å². The number of amides is 2. The summed E-state index contributed by atoms with van der Waals surface area (Å²) >= 11 is 0. The first kappa shape index (κ1) is 16.0. The van der Waals surface area contributed by atoms with Gasteiger partial charge in [0.2, 0.25) is 11.8 Å². The van der Waals surface area contributed by atoms with Crippen LogP contribution in [0.2, 0.25) is 0 Å². The first-order chi connectivity index (χ1) is 12.1. The highest BCUT2D eigenvalue weighted by Crippen LogP contribution is 2.45. The van der Waals surface area contributed by atoms with Crippen molar-refractivity contribution < 1.29 is 14.3 Å². The zero-order valence-corrected chi connectivity index (χ0v) is 13.9. The number of para-hydroxylation sites is 1. The van der Waals surface area contributed by atoms with Gasteiger partial charge in [-0.05, 0) is 37.0 Å². The molecular formula is C19H21N3O3. The van der Waals surface area contributed by atoms with E-state index in [1.165, 1.54) is 5.56 Å². The fourth-order valence-electron chi connectivity index (χ4n) is 3.59. The third-order valence-corrected chi connectivity index (χ3v) is 5.39. The summed E-state index contributed by atoms with van der Waals surface area (Å²) in [5.41, 5.74) is 6.56. The number of fused-ring (bicyclic) bond motifs is 1. The molecule has 3 N–H and O–H groups in total. The SMILES string of the molecule is NC(=O)C1(C(=O)N[C@@H]2COC[C@H]2Cc2ccnc3ccccc23)CC1. The van der Waals surface area contributed by atoms with E-state index in [1.807, 2.05) is 30.5 Å². The van der Waals surface area contributed by atoms with Crippen LogP contribution in [0.25, 0.3) is 10.9 Å². The molecule has 4 rings (SSSR count). The molecule has 1 aliphatic carbocycles. The average molecular weight is 339 g/mol. The number of pyridine rings is 1. The highest BCUT2D eigenvalue weighted by atomic mass is 16.5. The topological polar surface area (TPSA) is 94.3 Å². The molecule has 2 heterocycles. The van der Waals surface area contributed by atoms with Crippen molar-refractivity contribution in [1.29, 1.82) is 0 Å². The van der Waals surface area contributed by atoms with Gasteiger partial charge in [-0.2, -0.15) is 0 Å². The van der Waals surface area contributed by atoms with Gasteiger partial charge in [0.1, 0.15) is 5.41 Å². The number of benzene rings is 1. The van der Waals surface area contributed by atoms with Gasteiger partial charge in [0.15, 0.2) is 0 Å². The Hall–Kier alpha value is -2.47. The molecule has 2 atom stereocenters. The number of nitrogens with two attached hydrogens (primary N) is 1. The molecule has 1 aliphatic heterocycles. The van der Waals surface area contributed by atoms with E-state index in [-0.39, 0.29) is 17.9 Å². The molecule has 1 saturated carbocycles. The molecule has 2 aliphatic rings. The lowest BCUT2D eigenvalue weighted by molar-refractivity contribution is -0.136. The minimum Gasteiger partial charge on any atom is -0.379 e. The fraction of sp³-hybridized carbons (Fsp3) is 0.421. The van der Waals surface area contributed by atoms with Gasteiger partial charge in [0, 0.05) is 17.5 Å². The Balaban J connectivity index is 1.50. The van der Waals surface area contributed by atoms with Crippen molar-refractivity contribution in [3.8, 4) is 0 Å². The lowest BCUT2D eigenvalue weighted by atomic mass is 9.92. The predicted molar refractivity (Wildman–Crippen MR) is 92.5 cm³/mol. The molecule has 2 amide bonds. The number of hydrogen-bond donors (Lipinski definition) is 2. The van der Waals surface area contributed by atoms with E-state index in [1.54, 1.807) is 0 Å². The maximum Gasteiger partial charge on any atom is 0.235 e. The van der Waals surface area contributed by atoms with Crippen molar-refractivity contribution in [3.63, 3.8) is 0 Å². The molecular weight excluding hydrogens is 318 g/mol. The summed E-state index contributed by atoms with van der Waals surface area (Å²) < 4.78 is 5.60. The van der Waals surface area contributed by atoms with Crippen LogP contribution < -0.4 is 11.1 Å². The minimum absolute atomic E-state index is 0.101. The Morgan fingerprint density at radius 3 is 2.80 bits per heavy atom. The van der Waals surface area contributed by atoms with Crippen molar-refractivity contribution in [1.82, 2.24) is 10.3 Å². The first-order valence-corrected chi connectivity index (χ1v) is 8.61. The first-order valence-electron chi connectivity index (χ1n) is 8.61. The summed E-state index contributed by atoms with van der Waals surface area (Å²) in [5, 5.41) is 4.12. The molecule has 0 spiro atoms. The highest BCUT2D eigenvalue weighted by molar-refractivity contribution is 6.07. The molecule has 1 aromatic heterocycles. The number of nitrogens with zero attached hydrogens (tertiary/aromatic N) is 1. The normalized spacial score (nSPS) is 24.2. The van der Waals surface area contributed by atoms with E-state index in [4.69, 9.17) is 10.5 Å². The molecule has 6 heteroatoms. The van der Waals surface area contributed by atoms with Crippen LogP contribution in [0.5, 0.6) is 0 Å². The monoisotopic (exact) mass is 339 g/mol. The predicted octanol–water partition coefficient (Wildman–Crippen LogP) is 1.17. The Kier molecular flexibility index (Phi) is 3.92. The van der Waals surface area contributed by atoms with Gasteiger partial charge in [0.25, 0.3) is 0 Å². The minimum atomic E-state index is -0.990. The number of nitrogens with one attached hydrogen (secondary N) is 1. The van der Waals surface area contributed by atoms with Crippen LogP contribution in [0, 0.1) is 11.3 Å². The largest absolute Gasteiger partial charge is 0.379 e. The summed E-state index contributed by atoms with van der Waals surface area (Å²) in [6.45, 7) is 1.05. The number of hydrogen-bond acceptors (Lipinski definition) is 4. The summed E-state index contributed by atoms with van der Waals surface area (Å²) in [6, 6.07) is 9.95. The van der Waals surface area contributed by atoms with E-state index < -0.39 is 11.3 Å². The summed E-state index contributed by atoms with van der Waals surface area (Å²) in [7, 11) is 0. The summed E-state index contributed by atoms with van der Waals surface area (Å²) in [5.74, 6) is -0.612. The highest BCUT2D eigenvalue weighted by Gasteiger charge is 2.56. The van der Waals surface area contributed by atoms with E-state index in [9.17, 15) is 9.59 Å². The lowest BCUT2D eigenvalue weighted by Gasteiger charge is -2.22. The quantitative estimate of drug-likeness (QED) is 0.800. The number of carbonyl (C=O) groups excluding carboxylic acids is 2. The van der Waals surface area contributed by atoms with Crippen LogP contribution in [-0.4, -0.2) is 36.1 Å². The zero-order chi connectivity index (χ0) is 17.4. The van der Waals surface area contributed by atoms with Crippen LogP contribution in [0.1, 0.15) is 18.4 Å². The van der Waals surface area contributed by atoms with Gasteiger partial charge in [-0.15, -0.1) is 0 Å². The van der Waals surface area contributed by atoms with Crippen LogP contribution >= 0.6 is 0 Å². The van der Waals surface area contributed by atoms with Gasteiger partial charge >= 0.3 is 0 Å². The lowest BCUT2D eigenvalue weighted by Crippen LogP contribution is -2.47. The summed E-state index contributed by atoms with van der Waals surface area (Å²) in [4.78, 5) is 28.4. The molecule has 0 unspecified atom stereocenters. The standard InChI is InChI=1S/C19H21N3O3/c20-17(23)19(6-7-19)18(24)22-16-11-25-10-13(16)9-12-5-8-21-15-4-2-1-3-14(12)15/h1-5,8,13,16H,6-7,9-11H2,(H2,20,23)(H,22,24)/t13-,16-/m1/s1. The maximum absolute atomic E-state index is 12.5. The average Bonchev–Trinajstić information content (AvgIpc) is 3.33. The van der Waals surface area contributed by atoms with Gasteiger partial charge in [-0.25, -0.2) is 0 Å². The van der Waals surface area contributed by atoms with Gasteiger partial charge < -0.3 is 15.8 Å².